The summed E-state index contributed by atoms with van der Waals surface area (Å²) in [4.78, 5) is 14.8. The fourth-order valence-electron chi connectivity index (χ4n) is 3.53. The van der Waals surface area contributed by atoms with E-state index in [0.717, 1.165) is 29.9 Å². The summed E-state index contributed by atoms with van der Waals surface area (Å²) in [5.41, 5.74) is 1.45. The van der Waals surface area contributed by atoms with Gasteiger partial charge in [0.05, 0.1) is 6.26 Å². The second-order valence-electron chi connectivity index (χ2n) is 5.99. The molecular weight excluding hydrogens is 252 g/mol. The van der Waals surface area contributed by atoms with Crippen molar-refractivity contribution < 1.29 is 9.21 Å². The van der Waals surface area contributed by atoms with E-state index < -0.39 is 0 Å². The lowest BCUT2D eigenvalue weighted by Crippen LogP contribution is -2.47. The number of benzene rings is 1. The van der Waals surface area contributed by atoms with Crippen LogP contribution in [0.15, 0.2) is 34.9 Å². The zero-order chi connectivity index (χ0) is 13.5. The molecule has 4 heteroatoms. The van der Waals surface area contributed by atoms with Crippen LogP contribution in [0.4, 0.5) is 0 Å². The molecule has 3 atom stereocenters. The summed E-state index contributed by atoms with van der Waals surface area (Å²) >= 11 is 0. The van der Waals surface area contributed by atoms with Crippen molar-refractivity contribution in [3.8, 4) is 0 Å². The summed E-state index contributed by atoms with van der Waals surface area (Å²) in [5, 5.41) is 4.20. The SMILES string of the molecule is O=C(N[C@@H]1C[C@H]2CCN(C2)C1)c1ccc2ccoc2c1. The van der Waals surface area contributed by atoms with Gasteiger partial charge < -0.3 is 14.6 Å². The van der Waals surface area contributed by atoms with E-state index in [1.807, 2.05) is 24.3 Å². The fourth-order valence-corrected chi connectivity index (χ4v) is 3.53. The van der Waals surface area contributed by atoms with Gasteiger partial charge in [-0.3, -0.25) is 4.79 Å². The number of piperidine rings is 1. The second-order valence-corrected chi connectivity index (χ2v) is 5.99. The van der Waals surface area contributed by atoms with Crippen molar-refractivity contribution in [1.82, 2.24) is 10.2 Å². The highest BCUT2D eigenvalue weighted by molar-refractivity contribution is 5.97. The number of amides is 1. The van der Waals surface area contributed by atoms with Crippen molar-refractivity contribution in [2.45, 2.75) is 18.9 Å². The lowest BCUT2D eigenvalue weighted by molar-refractivity contribution is 0.0909. The molecule has 0 aliphatic carbocycles. The molecule has 1 aromatic heterocycles. The molecule has 2 fully saturated rings. The first-order valence-electron chi connectivity index (χ1n) is 7.28. The van der Waals surface area contributed by atoms with Gasteiger partial charge in [-0.05, 0) is 43.5 Å². The highest BCUT2D eigenvalue weighted by Crippen LogP contribution is 2.27. The Morgan fingerprint density at radius 1 is 1.30 bits per heavy atom. The highest BCUT2D eigenvalue weighted by atomic mass is 16.3. The normalized spacial score (nSPS) is 28.7. The largest absolute Gasteiger partial charge is 0.464 e. The third-order valence-corrected chi connectivity index (χ3v) is 4.52. The zero-order valence-electron chi connectivity index (χ0n) is 11.3. The minimum absolute atomic E-state index is 0.0100. The molecule has 1 aromatic carbocycles. The Kier molecular flexibility index (Phi) is 2.77. The highest BCUT2D eigenvalue weighted by Gasteiger charge is 2.32. The third kappa shape index (κ3) is 2.10. The molecule has 2 aliphatic heterocycles. The van der Waals surface area contributed by atoms with E-state index in [1.165, 1.54) is 19.5 Å². The van der Waals surface area contributed by atoms with Crippen LogP contribution in [0, 0.1) is 5.92 Å². The molecule has 2 bridgehead atoms. The first-order chi connectivity index (χ1) is 9.78. The van der Waals surface area contributed by atoms with Crippen LogP contribution in [0.3, 0.4) is 0 Å². The van der Waals surface area contributed by atoms with Gasteiger partial charge in [0.2, 0.25) is 0 Å². The molecule has 1 amide bonds. The Balaban J connectivity index is 1.49. The smallest absolute Gasteiger partial charge is 0.251 e. The topological polar surface area (TPSA) is 45.5 Å². The average Bonchev–Trinajstić information content (AvgIpc) is 3.04. The van der Waals surface area contributed by atoms with Crippen molar-refractivity contribution in [1.29, 1.82) is 0 Å². The standard InChI is InChI=1S/C16H18N2O2/c19-16(13-2-1-12-4-6-20-15(12)8-13)17-14-7-11-3-5-18(9-11)10-14/h1-2,4,6,8,11,14H,3,5,7,9-10H2,(H,17,19)/t11-,14-/m1/s1. The number of nitrogens with one attached hydrogen (secondary N) is 1. The number of carbonyl (C=O) groups excluding carboxylic acids is 1. The molecule has 3 heterocycles. The van der Waals surface area contributed by atoms with Crippen LogP contribution in [-0.4, -0.2) is 36.5 Å². The van der Waals surface area contributed by atoms with Crippen LogP contribution < -0.4 is 5.32 Å². The van der Waals surface area contributed by atoms with E-state index in [4.69, 9.17) is 4.42 Å². The van der Waals surface area contributed by atoms with E-state index >= 15 is 0 Å². The van der Waals surface area contributed by atoms with Gasteiger partial charge in [-0.1, -0.05) is 6.07 Å². The maximum atomic E-state index is 12.3. The number of carbonyl (C=O) groups is 1. The Hall–Kier alpha value is -1.81. The van der Waals surface area contributed by atoms with Crippen molar-refractivity contribution >= 4 is 16.9 Å². The molecule has 2 saturated heterocycles. The van der Waals surface area contributed by atoms with Crippen LogP contribution in [0.1, 0.15) is 23.2 Å². The molecule has 4 nitrogen and oxygen atoms in total. The predicted molar refractivity (Wildman–Crippen MR) is 76.6 cm³/mol. The van der Waals surface area contributed by atoms with E-state index in [-0.39, 0.29) is 11.9 Å². The molecule has 104 valence electrons. The molecule has 4 rings (SSSR count). The number of rotatable bonds is 2. The Bertz CT molecular complexity index is 637. The van der Waals surface area contributed by atoms with E-state index in [0.29, 0.717) is 5.56 Å². The molecule has 0 radical (unpaired) electrons. The molecule has 0 spiro atoms. The Morgan fingerprint density at radius 2 is 2.25 bits per heavy atom. The Labute approximate surface area is 117 Å². The average molecular weight is 270 g/mol. The van der Waals surface area contributed by atoms with Crippen LogP contribution in [0.2, 0.25) is 0 Å². The lowest BCUT2D eigenvalue weighted by atomic mass is 9.96. The van der Waals surface area contributed by atoms with E-state index in [2.05, 4.69) is 10.2 Å². The van der Waals surface area contributed by atoms with Crippen molar-refractivity contribution in [3.05, 3.63) is 36.1 Å². The number of hydrogen-bond donors (Lipinski definition) is 1. The molecule has 2 aromatic rings. The molecule has 0 saturated carbocycles. The zero-order valence-corrected chi connectivity index (χ0v) is 11.3. The summed E-state index contributed by atoms with van der Waals surface area (Å²) in [5.74, 6) is 0.775. The van der Waals surface area contributed by atoms with Gasteiger partial charge in [-0.15, -0.1) is 0 Å². The van der Waals surface area contributed by atoms with Crippen LogP contribution in [0.25, 0.3) is 11.0 Å². The first kappa shape index (κ1) is 12.0. The maximum Gasteiger partial charge on any atom is 0.251 e. The van der Waals surface area contributed by atoms with Gasteiger partial charge in [0.15, 0.2) is 0 Å². The number of fused-ring (bicyclic) bond motifs is 3. The lowest BCUT2D eigenvalue weighted by Gasteiger charge is -2.30. The Morgan fingerprint density at radius 3 is 3.15 bits per heavy atom. The minimum atomic E-state index is 0.0100. The monoisotopic (exact) mass is 270 g/mol. The second kappa shape index (κ2) is 4.63. The first-order valence-corrected chi connectivity index (χ1v) is 7.28. The molecule has 20 heavy (non-hydrogen) atoms. The van der Waals surface area contributed by atoms with Gasteiger partial charge in [0.1, 0.15) is 5.58 Å². The van der Waals surface area contributed by atoms with Crippen LogP contribution >= 0.6 is 0 Å². The predicted octanol–water partition coefficient (Wildman–Crippen LogP) is 2.26. The molecule has 1 N–H and O–H groups in total. The van der Waals surface area contributed by atoms with Crippen molar-refractivity contribution in [3.63, 3.8) is 0 Å². The number of furan rings is 1. The third-order valence-electron chi connectivity index (χ3n) is 4.52. The van der Waals surface area contributed by atoms with Gasteiger partial charge in [-0.25, -0.2) is 0 Å². The van der Waals surface area contributed by atoms with Crippen LogP contribution in [0.5, 0.6) is 0 Å². The van der Waals surface area contributed by atoms with Gasteiger partial charge >= 0.3 is 0 Å². The number of nitrogens with zero attached hydrogens (tertiary/aromatic N) is 1. The fraction of sp³-hybridized carbons (Fsp3) is 0.438. The summed E-state index contributed by atoms with van der Waals surface area (Å²) < 4.78 is 5.35. The van der Waals surface area contributed by atoms with Crippen LogP contribution in [-0.2, 0) is 0 Å². The van der Waals surface area contributed by atoms with Gasteiger partial charge in [0, 0.05) is 30.1 Å². The summed E-state index contributed by atoms with van der Waals surface area (Å²) in [7, 11) is 0. The summed E-state index contributed by atoms with van der Waals surface area (Å²) in [6.07, 6.45) is 4.05. The van der Waals surface area contributed by atoms with Crippen molar-refractivity contribution in [2.75, 3.05) is 19.6 Å². The summed E-state index contributed by atoms with van der Waals surface area (Å²) in [6, 6.07) is 7.81. The molecule has 2 aliphatic rings. The number of hydrogen-bond acceptors (Lipinski definition) is 3. The molecular formula is C16H18N2O2. The summed E-state index contributed by atoms with van der Waals surface area (Å²) in [6.45, 7) is 3.39. The van der Waals surface area contributed by atoms with Crippen molar-refractivity contribution in [2.24, 2.45) is 5.92 Å². The van der Waals surface area contributed by atoms with Gasteiger partial charge in [-0.2, -0.15) is 0 Å². The van der Waals surface area contributed by atoms with Gasteiger partial charge in [0.25, 0.3) is 5.91 Å². The van der Waals surface area contributed by atoms with E-state index in [1.54, 1.807) is 6.26 Å². The quantitative estimate of drug-likeness (QED) is 0.910. The van der Waals surface area contributed by atoms with E-state index in [9.17, 15) is 4.79 Å². The molecule has 1 unspecified atom stereocenters. The maximum absolute atomic E-state index is 12.3. The minimum Gasteiger partial charge on any atom is -0.464 e.